The van der Waals surface area contributed by atoms with Crippen LogP contribution < -0.4 is 0 Å². The van der Waals surface area contributed by atoms with E-state index in [1.807, 2.05) is 6.07 Å². The molecule has 0 aliphatic carbocycles. The molecule has 3 aromatic carbocycles. The van der Waals surface area contributed by atoms with Crippen molar-refractivity contribution in [2.24, 2.45) is 0 Å². The molecule has 0 amide bonds. The SMILES string of the molecule is N#Cc1ccc(-c2c(F)cc(-c3ccccc3)cc2F)cc1F. The maximum Gasteiger partial charge on any atom is 0.141 e. The monoisotopic (exact) mass is 309 g/mol. The highest BCUT2D eigenvalue weighted by atomic mass is 19.1. The van der Waals surface area contributed by atoms with Crippen molar-refractivity contribution in [3.8, 4) is 28.3 Å². The van der Waals surface area contributed by atoms with Crippen LogP contribution in [0.2, 0.25) is 0 Å². The van der Waals surface area contributed by atoms with E-state index in [0.29, 0.717) is 11.1 Å². The minimum atomic E-state index is -0.809. The Bertz CT molecular complexity index is 889. The van der Waals surface area contributed by atoms with E-state index in [1.54, 1.807) is 30.3 Å². The maximum atomic E-state index is 14.4. The summed E-state index contributed by atoms with van der Waals surface area (Å²) in [6.07, 6.45) is 0. The molecule has 4 heteroatoms. The first-order valence-corrected chi connectivity index (χ1v) is 6.84. The molecule has 0 N–H and O–H groups in total. The van der Waals surface area contributed by atoms with Crippen LogP contribution in [-0.4, -0.2) is 0 Å². The van der Waals surface area contributed by atoms with Crippen LogP contribution >= 0.6 is 0 Å². The molecule has 112 valence electrons. The van der Waals surface area contributed by atoms with Crippen LogP contribution in [-0.2, 0) is 0 Å². The van der Waals surface area contributed by atoms with Crippen molar-refractivity contribution in [3.05, 3.63) is 83.7 Å². The second-order valence-corrected chi connectivity index (χ2v) is 4.99. The lowest BCUT2D eigenvalue weighted by molar-refractivity contribution is 0.589. The van der Waals surface area contributed by atoms with Gasteiger partial charge in [-0.3, -0.25) is 0 Å². The van der Waals surface area contributed by atoms with Gasteiger partial charge in [-0.15, -0.1) is 0 Å². The first kappa shape index (κ1) is 14.9. The molecule has 3 aromatic rings. The lowest BCUT2D eigenvalue weighted by Crippen LogP contribution is -1.94. The summed E-state index contributed by atoms with van der Waals surface area (Å²) < 4.78 is 42.4. The van der Waals surface area contributed by atoms with E-state index in [9.17, 15) is 13.2 Å². The van der Waals surface area contributed by atoms with E-state index in [0.717, 1.165) is 6.07 Å². The summed E-state index contributed by atoms with van der Waals surface area (Å²) in [5, 5.41) is 8.71. The Balaban J connectivity index is 2.12. The molecule has 0 radical (unpaired) electrons. The molecule has 0 fully saturated rings. The van der Waals surface area contributed by atoms with Crippen molar-refractivity contribution < 1.29 is 13.2 Å². The number of halogens is 3. The zero-order valence-electron chi connectivity index (χ0n) is 11.9. The highest BCUT2D eigenvalue weighted by molar-refractivity contribution is 5.72. The standard InChI is InChI=1S/C19H10F3N/c20-16-8-13(6-7-14(16)11-23)19-17(21)9-15(10-18(19)22)12-4-2-1-3-5-12/h1-10H. The fourth-order valence-corrected chi connectivity index (χ4v) is 2.41. The number of rotatable bonds is 2. The lowest BCUT2D eigenvalue weighted by Gasteiger charge is -2.09. The zero-order chi connectivity index (χ0) is 16.4. The molecule has 0 atom stereocenters. The Kier molecular flexibility index (Phi) is 3.86. The summed E-state index contributed by atoms with van der Waals surface area (Å²) in [4.78, 5) is 0. The molecule has 1 nitrogen and oxygen atoms in total. The molecular weight excluding hydrogens is 299 g/mol. The Labute approximate surface area is 131 Å². The van der Waals surface area contributed by atoms with Gasteiger partial charge in [0.1, 0.15) is 23.5 Å². The smallest absolute Gasteiger partial charge is 0.141 e. The summed E-state index contributed by atoms with van der Waals surface area (Å²) in [6, 6.07) is 16.4. The van der Waals surface area contributed by atoms with Crippen molar-refractivity contribution >= 4 is 0 Å². The Morgan fingerprint density at radius 2 is 1.26 bits per heavy atom. The molecule has 0 heterocycles. The van der Waals surface area contributed by atoms with E-state index < -0.39 is 17.5 Å². The molecule has 0 aliphatic rings. The zero-order valence-corrected chi connectivity index (χ0v) is 11.9. The minimum absolute atomic E-state index is 0.0520. The molecule has 0 spiro atoms. The van der Waals surface area contributed by atoms with Crippen LogP contribution in [0.5, 0.6) is 0 Å². The predicted molar refractivity (Wildman–Crippen MR) is 81.9 cm³/mol. The Morgan fingerprint density at radius 1 is 0.652 bits per heavy atom. The first-order chi connectivity index (χ1) is 11.1. The fourth-order valence-electron chi connectivity index (χ4n) is 2.41. The van der Waals surface area contributed by atoms with Crippen LogP contribution in [0, 0.1) is 28.8 Å². The second-order valence-electron chi connectivity index (χ2n) is 4.99. The highest BCUT2D eigenvalue weighted by Gasteiger charge is 2.15. The molecule has 23 heavy (non-hydrogen) atoms. The summed E-state index contributed by atoms with van der Waals surface area (Å²) in [6.45, 7) is 0. The van der Waals surface area contributed by atoms with Gasteiger partial charge in [0.25, 0.3) is 0 Å². The van der Waals surface area contributed by atoms with Crippen LogP contribution in [0.15, 0.2) is 60.7 Å². The molecule has 0 saturated carbocycles. The Hall–Kier alpha value is -3.06. The van der Waals surface area contributed by atoms with Crippen LogP contribution in [0.1, 0.15) is 5.56 Å². The van der Waals surface area contributed by atoms with Crippen LogP contribution in [0.25, 0.3) is 22.3 Å². The van der Waals surface area contributed by atoms with Crippen molar-refractivity contribution in [3.63, 3.8) is 0 Å². The number of hydrogen-bond acceptors (Lipinski definition) is 1. The van der Waals surface area contributed by atoms with Crippen LogP contribution in [0.4, 0.5) is 13.2 Å². The third kappa shape index (κ3) is 2.82. The summed E-state index contributed by atoms with van der Waals surface area (Å²) >= 11 is 0. The average molecular weight is 309 g/mol. The quantitative estimate of drug-likeness (QED) is 0.629. The molecule has 0 unspecified atom stereocenters. The Morgan fingerprint density at radius 3 is 1.83 bits per heavy atom. The molecule has 0 bridgehead atoms. The predicted octanol–water partition coefficient (Wildman–Crippen LogP) is 5.31. The fraction of sp³-hybridized carbons (Fsp3) is 0. The van der Waals surface area contributed by atoms with E-state index in [4.69, 9.17) is 5.26 Å². The van der Waals surface area contributed by atoms with Gasteiger partial charge in [0, 0.05) is 0 Å². The topological polar surface area (TPSA) is 23.8 Å². The van der Waals surface area contributed by atoms with Gasteiger partial charge in [-0.1, -0.05) is 36.4 Å². The van der Waals surface area contributed by atoms with Crippen molar-refractivity contribution in [1.82, 2.24) is 0 Å². The molecule has 0 saturated heterocycles. The van der Waals surface area contributed by atoms with Gasteiger partial charge in [0.15, 0.2) is 0 Å². The highest BCUT2D eigenvalue weighted by Crippen LogP contribution is 2.31. The average Bonchev–Trinajstić information content (AvgIpc) is 2.55. The normalized spacial score (nSPS) is 10.3. The number of nitriles is 1. The van der Waals surface area contributed by atoms with Crippen molar-refractivity contribution in [1.29, 1.82) is 5.26 Å². The van der Waals surface area contributed by atoms with E-state index in [2.05, 4.69) is 0 Å². The third-order valence-corrected chi connectivity index (χ3v) is 3.53. The van der Waals surface area contributed by atoms with Gasteiger partial charge in [0.05, 0.1) is 11.1 Å². The maximum absolute atomic E-state index is 14.4. The molecule has 3 rings (SSSR count). The van der Waals surface area contributed by atoms with Gasteiger partial charge < -0.3 is 0 Å². The van der Waals surface area contributed by atoms with Crippen molar-refractivity contribution in [2.45, 2.75) is 0 Å². The first-order valence-electron chi connectivity index (χ1n) is 6.84. The van der Waals surface area contributed by atoms with Crippen molar-refractivity contribution in [2.75, 3.05) is 0 Å². The molecule has 0 aliphatic heterocycles. The van der Waals surface area contributed by atoms with Gasteiger partial charge in [-0.2, -0.15) is 5.26 Å². The lowest BCUT2D eigenvalue weighted by atomic mass is 9.98. The minimum Gasteiger partial charge on any atom is -0.206 e. The van der Waals surface area contributed by atoms with Gasteiger partial charge in [0.2, 0.25) is 0 Å². The summed E-state index contributed by atoms with van der Waals surface area (Å²) in [7, 11) is 0. The third-order valence-electron chi connectivity index (χ3n) is 3.53. The van der Waals surface area contributed by atoms with Crippen LogP contribution in [0.3, 0.4) is 0 Å². The second kappa shape index (κ2) is 5.98. The molecular formula is C19H10F3N. The van der Waals surface area contributed by atoms with E-state index >= 15 is 0 Å². The summed E-state index contributed by atoms with van der Waals surface area (Å²) in [5.74, 6) is -2.38. The van der Waals surface area contributed by atoms with E-state index in [-0.39, 0.29) is 16.7 Å². The number of nitrogens with zero attached hydrogens (tertiary/aromatic N) is 1. The van der Waals surface area contributed by atoms with Gasteiger partial charge in [-0.25, -0.2) is 13.2 Å². The summed E-state index contributed by atoms with van der Waals surface area (Å²) in [5.41, 5.74) is 0.654. The molecule has 0 aromatic heterocycles. The van der Waals surface area contributed by atoms with Gasteiger partial charge in [-0.05, 0) is 41.0 Å². The van der Waals surface area contributed by atoms with Gasteiger partial charge >= 0.3 is 0 Å². The number of benzene rings is 3. The van der Waals surface area contributed by atoms with E-state index in [1.165, 1.54) is 24.3 Å². The largest absolute Gasteiger partial charge is 0.206 e. The number of hydrogen-bond donors (Lipinski definition) is 0.